The summed E-state index contributed by atoms with van der Waals surface area (Å²) >= 11 is 0. The van der Waals surface area contributed by atoms with Crippen molar-refractivity contribution in [2.24, 2.45) is 0 Å². The third-order valence-electron chi connectivity index (χ3n) is 5.60. The lowest BCUT2D eigenvalue weighted by Crippen LogP contribution is -2.46. The first-order chi connectivity index (χ1) is 13.4. The molecule has 0 bridgehead atoms. The van der Waals surface area contributed by atoms with Gasteiger partial charge >= 0.3 is 0 Å². The highest BCUT2D eigenvalue weighted by Gasteiger charge is 2.26. The number of benzene rings is 1. The molecule has 138 valence electrons. The standard InChI is InChI=1S/C22H24N4O/c1-2-5-18(6-3-1)21-23-20-8-4-7-19(20)22(24-21)26-12-10-25(11-13-26)15-17-9-14-27-16-17/h1-3,5-6,9,14,16H,4,7-8,10-13,15H2. The molecule has 27 heavy (non-hydrogen) atoms. The van der Waals surface area contributed by atoms with Gasteiger partial charge in [-0.2, -0.15) is 0 Å². The minimum Gasteiger partial charge on any atom is -0.472 e. The molecule has 0 N–H and O–H groups in total. The Morgan fingerprint density at radius 2 is 1.78 bits per heavy atom. The lowest BCUT2D eigenvalue weighted by atomic mass is 10.1. The van der Waals surface area contributed by atoms with Gasteiger partial charge in [-0.25, -0.2) is 9.97 Å². The van der Waals surface area contributed by atoms with E-state index < -0.39 is 0 Å². The van der Waals surface area contributed by atoms with Gasteiger partial charge in [0, 0.05) is 55.1 Å². The lowest BCUT2D eigenvalue weighted by molar-refractivity contribution is 0.248. The van der Waals surface area contributed by atoms with Crippen LogP contribution in [0.15, 0.2) is 53.3 Å². The fourth-order valence-electron chi connectivity index (χ4n) is 4.15. The molecule has 3 aromatic rings. The van der Waals surface area contributed by atoms with Crippen molar-refractivity contribution < 1.29 is 4.42 Å². The van der Waals surface area contributed by atoms with Crippen LogP contribution in [0.4, 0.5) is 5.82 Å². The van der Waals surface area contributed by atoms with Crippen LogP contribution in [0.3, 0.4) is 0 Å². The van der Waals surface area contributed by atoms with Crippen LogP contribution in [0.25, 0.3) is 11.4 Å². The van der Waals surface area contributed by atoms with Gasteiger partial charge in [-0.1, -0.05) is 30.3 Å². The Morgan fingerprint density at radius 3 is 2.56 bits per heavy atom. The second-order valence-electron chi connectivity index (χ2n) is 7.41. The molecule has 1 aromatic carbocycles. The Kier molecular flexibility index (Phi) is 4.38. The summed E-state index contributed by atoms with van der Waals surface area (Å²) in [5.41, 5.74) is 4.97. The fourth-order valence-corrected chi connectivity index (χ4v) is 4.15. The molecule has 5 nitrogen and oxygen atoms in total. The molecule has 0 saturated carbocycles. The Balaban J connectivity index is 1.38. The number of aryl methyl sites for hydroxylation is 1. The number of hydrogen-bond donors (Lipinski definition) is 0. The topological polar surface area (TPSA) is 45.4 Å². The number of furan rings is 1. The second-order valence-corrected chi connectivity index (χ2v) is 7.41. The molecule has 0 radical (unpaired) electrons. The van der Waals surface area contributed by atoms with E-state index in [0.717, 1.165) is 57.0 Å². The van der Waals surface area contributed by atoms with Crippen LogP contribution in [0.5, 0.6) is 0 Å². The average Bonchev–Trinajstić information content (AvgIpc) is 3.40. The number of aromatic nitrogens is 2. The second kappa shape index (κ2) is 7.16. The van der Waals surface area contributed by atoms with Gasteiger partial charge in [0.1, 0.15) is 5.82 Å². The monoisotopic (exact) mass is 360 g/mol. The molecule has 0 atom stereocenters. The Labute approximate surface area is 159 Å². The molecule has 2 aromatic heterocycles. The summed E-state index contributed by atoms with van der Waals surface area (Å²) < 4.78 is 5.20. The summed E-state index contributed by atoms with van der Waals surface area (Å²) in [6.07, 6.45) is 6.96. The van der Waals surface area contributed by atoms with Gasteiger partial charge in [0.05, 0.1) is 12.5 Å². The molecule has 1 aliphatic carbocycles. The maximum Gasteiger partial charge on any atom is 0.161 e. The summed E-state index contributed by atoms with van der Waals surface area (Å²) in [5.74, 6) is 2.03. The average molecular weight is 360 g/mol. The molecule has 0 spiro atoms. The highest BCUT2D eigenvalue weighted by Crippen LogP contribution is 2.32. The number of piperazine rings is 1. The van der Waals surface area contributed by atoms with Crippen LogP contribution >= 0.6 is 0 Å². The van der Waals surface area contributed by atoms with E-state index in [1.807, 2.05) is 12.3 Å². The predicted molar refractivity (Wildman–Crippen MR) is 106 cm³/mol. The molecule has 0 amide bonds. The molecule has 5 rings (SSSR count). The number of rotatable bonds is 4. The van der Waals surface area contributed by atoms with Crippen molar-refractivity contribution in [1.29, 1.82) is 0 Å². The number of fused-ring (bicyclic) bond motifs is 1. The van der Waals surface area contributed by atoms with E-state index in [4.69, 9.17) is 14.4 Å². The number of hydrogen-bond acceptors (Lipinski definition) is 5. The zero-order valence-corrected chi connectivity index (χ0v) is 15.5. The minimum absolute atomic E-state index is 0.868. The first-order valence-electron chi connectivity index (χ1n) is 9.80. The summed E-state index contributed by atoms with van der Waals surface area (Å²) in [7, 11) is 0. The fraction of sp³-hybridized carbons (Fsp3) is 0.364. The van der Waals surface area contributed by atoms with E-state index in [1.165, 1.54) is 29.1 Å². The van der Waals surface area contributed by atoms with Crippen LogP contribution < -0.4 is 4.90 Å². The van der Waals surface area contributed by atoms with Gasteiger partial charge in [0.25, 0.3) is 0 Å². The first-order valence-corrected chi connectivity index (χ1v) is 9.80. The summed E-state index contributed by atoms with van der Waals surface area (Å²) in [6.45, 7) is 5.07. The maximum atomic E-state index is 5.20. The van der Waals surface area contributed by atoms with Crippen molar-refractivity contribution in [3.8, 4) is 11.4 Å². The Bertz CT molecular complexity index is 900. The van der Waals surface area contributed by atoms with Crippen LogP contribution in [-0.2, 0) is 19.4 Å². The van der Waals surface area contributed by atoms with Crippen LogP contribution in [-0.4, -0.2) is 41.0 Å². The molecular weight excluding hydrogens is 336 g/mol. The molecule has 1 aliphatic heterocycles. The zero-order valence-electron chi connectivity index (χ0n) is 15.5. The molecule has 5 heteroatoms. The third kappa shape index (κ3) is 3.35. The van der Waals surface area contributed by atoms with Crippen molar-refractivity contribution in [3.63, 3.8) is 0 Å². The summed E-state index contributed by atoms with van der Waals surface area (Å²) in [6, 6.07) is 12.4. The molecule has 0 unspecified atom stereocenters. The van der Waals surface area contributed by atoms with Gasteiger partial charge in [-0.05, 0) is 25.3 Å². The predicted octanol–water partition coefficient (Wildman–Crippen LogP) is 3.55. The van der Waals surface area contributed by atoms with E-state index in [2.05, 4.69) is 40.1 Å². The Morgan fingerprint density at radius 1 is 0.926 bits per heavy atom. The highest BCUT2D eigenvalue weighted by molar-refractivity contribution is 5.61. The van der Waals surface area contributed by atoms with Crippen molar-refractivity contribution in [1.82, 2.24) is 14.9 Å². The van der Waals surface area contributed by atoms with Crippen LogP contribution in [0.2, 0.25) is 0 Å². The SMILES string of the molecule is c1ccc(-c2nc3c(c(N4CCN(Cc5ccoc5)CC4)n2)CCC3)cc1. The number of nitrogens with zero attached hydrogens (tertiary/aromatic N) is 4. The van der Waals surface area contributed by atoms with Gasteiger partial charge in [0.15, 0.2) is 5.82 Å². The highest BCUT2D eigenvalue weighted by atomic mass is 16.3. The lowest BCUT2D eigenvalue weighted by Gasteiger charge is -2.36. The molecular formula is C22H24N4O. The summed E-state index contributed by atoms with van der Waals surface area (Å²) in [4.78, 5) is 14.9. The smallest absolute Gasteiger partial charge is 0.161 e. The Hall–Kier alpha value is -2.66. The van der Waals surface area contributed by atoms with Gasteiger partial charge in [-0.3, -0.25) is 4.90 Å². The first kappa shape index (κ1) is 16.5. The number of anilines is 1. The zero-order chi connectivity index (χ0) is 18.1. The largest absolute Gasteiger partial charge is 0.472 e. The van der Waals surface area contributed by atoms with Crippen molar-refractivity contribution in [2.75, 3.05) is 31.1 Å². The van der Waals surface area contributed by atoms with Crippen LogP contribution in [0.1, 0.15) is 23.2 Å². The van der Waals surface area contributed by atoms with E-state index >= 15 is 0 Å². The quantitative estimate of drug-likeness (QED) is 0.712. The molecule has 1 fully saturated rings. The molecule has 1 saturated heterocycles. The molecule has 2 aliphatic rings. The maximum absolute atomic E-state index is 5.20. The van der Waals surface area contributed by atoms with Gasteiger partial charge in [-0.15, -0.1) is 0 Å². The summed E-state index contributed by atoms with van der Waals surface area (Å²) in [5, 5.41) is 0. The van der Waals surface area contributed by atoms with Crippen LogP contribution in [0, 0.1) is 0 Å². The van der Waals surface area contributed by atoms with Crippen molar-refractivity contribution >= 4 is 5.82 Å². The van der Waals surface area contributed by atoms with Gasteiger partial charge < -0.3 is 9.32 Å². The van der Waals surface area contributed by atoms with E-state index in [9.17, 15) is 0 Å². The van der Waals surface area contributed by atoms with E-state index in [0.29, 0.717) is 0 Å². The molecule has 3 heterocycles. The van der Waals surface area contributed by atoms with Crippen molar-refractivity contribution in [3.05, 3.63) is 65.7 Å². The van der Waals surface area contributed by atoms with E-state index in [1.54, 1.807) is 6.26 Å². The normalized spacial score (nSPS) is 17.3. The van der Waals surface area contributed by atoms with E-state index in [-0.39, 0.29) is 0 Å². The third-order valence-corrected chi connectivity index (χ3v) is 5.60. The van der Waals surface area contributed by atoms with Crippen molar-refractivity contribution in [2.45, 2.75) is 25.8 Å². The van der Waals surface area contributed by atoms with Gasteiger partial charge in [0.2, 0.25) is 0 Å². The minimum atomic E-state index is 0.868.